The van der Waals surface area contributed by atoms with Crippen molar-refractivity contribution in [1.82, 2.24) is 10.2 Å². The molecule has 150 valence electrons. The van der Waals surface area contributed by atoms with Crippen molar-refractivity contribution in [1.29, 1.82) is 0 Å². The number of hydrogen-bond donors (Lipinski definition) is 2. The van der Waals surface area contributed by atoms with E-state index in [1.165, 1.54) is 19.2 Å². The SMILES string of the molecule is CCN(C[C@@H]1N[C@H](CO)[C@H]1c1ccc(-c2cccc(F)c2)cc1)C(=O)COC. The highest BCUT2D eigenvalue weighted by Gasteiger charge is 2.41. The number of carbonyl (C=O) groups excluding carboxylic acids is 1. The molecule has 0 bridgehead atoms. The molecule has 28 heavy (non-hydrogen) atoms. The number of aliphatic hydroxyl groups is 1. The van der Waals surface area contributed by atoms with Crippen LogP contribution in [0.2, 0.25) is 0 Å². The van der Waals surface area contributed by atoms with E-state index < -0.39 is 0 Å². The summed E-state index contributed by atoms with van der Waals surface area (Å²) in [5.74, 6) is -0.194. The van der Waals surface area contributed by atoms with Crippen molar-refractivity contribution in [2.24, 2.45) is 0 Å². The standard InChI is InChI=1S/C22H27FN2O3/c1-3-25(21(27)14-28-2)12-19-22(20(13-26)24-19)16-9-7-15(8-10-16)17-5-4-6-18(23)11-17/h4-11,19-20,22,24,26H,3,12-14H2,1-2H3/t19-,20+,22-/m0/s1. The Morgan fingerprint density at radius 2 is 1.93 bits per heavy atom. The molecule has 2 aromatic carbocycles. The Balaban J connectivity index is 1.75. The number of methoxy groups -OCH3 is 1. The monoisotopic (exact) mass is 386 g/mol. The lowest BCUT2D eigenvalue weighted by Gasteiger charge is -2.47. The third-order valence-electron chi connectivity index (χ3n) is 5.36. The normalized spacial score (nSPS) is 21.2. The van der Waals surface area contributed by atoms with E-state index in [-0.39, 0.29) is 42.9 Å². The van der Waals surface area contributed by atoms with Crippen LogP contribution in [0.25, 0.3) is 11.1 Å². The van der Waals surface area contributed by atoms with Crippen molar-refractivity contribution >= 4 is 5.91 Å². The zero-order valence-electron chi connectivity index (χ0n) is 16.3. The van der Waals surface area contributed by atoms with E-state index in [1.54, 1.807) is 11.0 Å². The number of amides is 1. The minimum absolute atomic E-state index is 0.0327. The Morgan fingerprint density at radius 1 is 1.18 bits per heavy atom. The molecule has 2 N–H and O–H groups in total. The van der Waals surface area contributed by atoms with Crippen molar-refractivity contribution in [3.8, 4) is 11.1 Å². The molecule has 3 rings (SSSR count). The van der Waals surface area contributed by atoms with E-state index in [0.717, 1.165) is 16.7 Å². The van der Waals surface area contributed by atoms with Crippen LogP contribution < -0.4 is 5.32 Å². The maximum absolute atomic E-state index is 13.5. The van der Waals surface area contributed by atoms with Crippen LogP contribution in [0.15, 0.2) is 48.5 Å². The van der Waals surface area contributed by atoms with E-state index in [0.29, 0.717) is 13.1 Å². The number of nitrogens with zero attached hydrogens (tertiary/aromatic N) is 1. The number of aliphatic hydroxyl groups excluding tert-OH is 1. The predicted octanol–water partition coefficient (Wildman–Crippen LogP) is 2.40. The van der Waals surface area contributed by atoms with Crippen LogP contribution in [0.4, 0.5) is 4.39 Å². The Hall–Kier alpha value is -2.28. The Kier molecular flexibility index (Phi) is 6.78. The zero-order valence-corrected chi connectivity index (χ0v) is 16.3. The molecule has 1 aliphatic rings. The smallest absolute Gasteiger partial charge is 0.248 e. The van der Waals surface area contributed by atoms with Crippen molar-refractivity contribution in [3.63, 3.8) is 0 Å². The maximum Gasteiger partial charge on any atom is 0.248 e. The molecule has 1 aliphatic heterocycles. The van der Waals surface area contributed by atoms with Gasteiger partial charge in [-0.15, -0.1) is 0 Å². The van der Waals surface area contributed by atoms with E-state index >= 15 is 0 Å². The highest BCUT2D eigenvalue weighted by molar-refractivity contribution is 5.77. The largest absolute Gasteiger partial charge is 0.395 e. The molecule has 1 saturated heterocycles. The fourth-order valence-electron chi connectivity index (χ4n) is 3.87. The molecular weight excluding hydrogens is 359 g/mol. The van der Waals surface area contributed by atoms with Gasteiger partial charge < -0.3 is 20.1 Å². The second-order valence-electron chi connectivity index (χ2n) is 7.09. The first-order valence-corrected chi connectivity index (χ1v) is 9.56. The summed E-state index contributed by atoms with van der Waals surface area (Å²) in [7, 11) is 1.51. The van der Waals surface area contributed by atoms with E-state index in [9.17, 15) is 14.3 Å². The average Bonchev–Trinajstić information content (AvgIpc) is 2.68. The van der Waals surface area contributed by atoms with Gasteiger partial charge in [-0.1, -0.05) is 36.4 Å². The predicted molar refractivity (Wildman–Crippen MR) is 107 cm³/mol. The average molecular weight is 386 g/mol. The van der Waals surface area contributed by atoms with Crippen molar-refractivity contribution in [2.45, 2.75) is 24.9 Å². The van der Waals surface area contributed by atoms with Gasteiger partial charge in [0.1, 0.15) is 12.4 Å². The van der Waals surface area contributed by atoms with E-state index in [1.807, 2.05) is 37.3 Å². The number of nitrogens with one attached hydrogen (secondary N) is 1. The number of hydrogen-bond acceptors (Lipinski definition) is 4. The fourth-order valence-corrected chi connectivity index (χ4v) is 3.87. The minimum atomic E-state index is -0.259. The summed E-state index contributed by atoms with van der Waals surface area (Å²) in [6.45, 7) is 3.21. The van der Waals surface area contributed by atoms with Gasteiger partial charge in [-0.2, -0.15) is 0 Å². The van der Waals surface area contributed by atoms with Gasteiger partial charge in [0.15, 0.2) is 0 Å². The van der Waals surface area contributed by atoms with Gasteiger partial charge in [0, 0.05) is 38.2 Å². The first-order chi connectivity index (χ1) is 13.6. The summed E-state index contributed by atoms with van der Waals surface area (Å²) in [5, 5.41) is 13.0. The summed E-state index contributed by atoms with van der Waals surface area (Å²) < 4.78 is 18.4. The molecular formula is C22H27FN2O3. The molecule has 1 amide bonds. The summed E-state index contributed by atoms with van der Waals surface area (Å²) in [4.78, 5) is 13.9. The molecule has 2 aromatic rings. The number of ether oxygens (including phenoxy) is 1. The third-order valence-corrected chi connectivity index (χ3v) is 5.36. The second-order valence-corrected chi connectivity index (χ2v) is 7.09. The second kappa shape index (κ2) is 9.28. The topological polar surface area (TPSA) is 61.8 Å². The van der Waals surface area contributed by atoms with Gasteiger partial charge in [0.25, 0.3) is 0 Å². The number of rotatable bonds is 8. The molecule has 5 nitrogen and oxygen atoms in total. The Bertz CT molecular complexity index is 797. The molecule has 1 fully saturated rings. The highest BCUT2D eigenvalue weighted by atomic mass is 19.1. The quantitative estimate of drug-likeness (QED) is 0.731. The summed E-state index contributed by atoms with van der Waals surface area (Å²) in [5.41, 5.74) is 2.87. The van der Waals surface area contributed by atoms with Crippen LogP contribution >= 0.6 is 0 Å². The summed E-state index contributed by atoms with van der Waals surface area (Å²) in [6, 6.07) is 14.5. The molecule has 0 aliphatic carbocycles. The van der Waals surface area contributed by atoms with Gasteiger partial charge in [0.05, 0.1) is 6.61 Å². The molecule has 0 radical (unpaired) electrons. The van der Waals surface area contributed by atoms with Crippen molar-refractivity contribution in [2.75, 3.05) is 33.4 Å². The number of carbonyl (C=O) groups is 1. The molecule has 0 spiro atoms. The fraction of sp³-hybridized carbons (Fsp3) is 0.409. The van der Waals surface area contributed by atoms with Gasteiger partial charge in [-0.05, 0) is 35.7 Å². The highest BCUT2D eigenvalue weighted by Crippen LogP contribution is 2.34. The molecule has 3 atom stereocenters. The Labute approximate surface area is 165 Å². The molecule has 1 heterocycles. The van der Waals surface area contributed by atoms with Crippen molar-refractivity contribution in [3.05, 3.63) is 59.9 Å². The third kappa shape index (κ3) is 4.41. The number of benzene rings is 2. The van der Waals surface area contributed by atoms with Gasteiger partial charge in [-0.25, -0.2) is 4.39 Å². The maximum atomic E-state index is 13.5. The number of halogens is 1. The summed E-state index contributed by atoms with van der Waals surface area (Å²) in [6.07, 6.45) is 0. The van der Waals surface area contributed by atoms with Crippen LogP contribution in [-0.2, 0) is 9.53 Å². The molecule has 6 heteroatoms. The van der Waals surface area contributed by atoms with Gasteiger partial charge in [0.2, 0.25) is 5.91 Å². The molecule has 0 unspecified atom stereocenters. The van der Waals surface area contributed by atoms with Crippen LogP contribution in [0.1, 0.15) is 18.4 Å². The van der Waals surface area contributed by atoms with Gasteiger partial charge >= 0.3 is 0 Å². The first-order valence-electron chi connectivity index (χ1n) is 9.56. The van der Waals surface area contributed by atoms with Crippen LogP contribution in [-0.4, -0.2) is 61.4 Å². The first kappa shape index (κ1) is 20.5. The molecule has 0 aromatic heterocycles. The van der Waals surface area contributed by atoms with Crippen LogP contribution in [0, 0.1) is 5.82 Å². The van der Waals surface area contributed by atoms with Crippen LogP contribution in [0.5, 0.6) is 0 Å². The lowest BCUT2D eigenvalue weighted by Crippen LogP contribution is -2.65. The lowest BCUT2D eigenvalue weighted by molar-refractivity contribution is -0.135. The van der Waals surface area contributed by atoms with Gasteiger partial charge in [-0.3, -0.25) is 4.79 Å². The lowest BCUT2D eigenvalue weighted by atomic mass is 9.77. The minimum Gasteiger partial charge on any atom is -0.395 e. The molecule has 0 saturated carbocycles. The van der Waals surface area contributed by atoms with E-state index in [4.69, 9.17) is 4.74 Å². The number of likely N-dealkylation sites (N-methyl/N-ethyl adjacent to an activating group) is 1. The zero-order chi connectivity index (χ0) is 20.1. The van der Waals surface area contributed by atoms with E-state index in [2.05, 4.69) is 5.32 Å². The Morgan fingerprint density at radius 3 is 2.54 bits per heavy atom. The summed E-state index contributed by atoms with van der Waals surface area (Å²) >= 11 is 0. The van der Waals surface area contributed by atoms with Crippen molar-refractivity contribution < 1.29 is 19.0 Å². The van der Waals surface area contributed by atoms with Crippen LogP contribution in [0.3, 0.4) is 0 Å².